The largest absolute Gasteiger partial charge is 0.340 e. The number of carbonyl (C=O) groups is 2. The lowest BCUT2D eigenvalue weighted by atomic mass is 9.82. The van der Waals surface area contributed by atoms with E-state index in [9.17, 15) is 9.59 Å². The number of piperazine rings is 1. The van der Waals surface area contributed by atoms with Crippen LogP contribution in [0, 0.1) is 5.92 Å². The molecule has 1 heterocycles. The van der Waals surface area contributed by atoms with Crippen LogP contribution < -0.4 is 5.32 Å². The Hall–Kier alpha value is -1.06. The fourth-order valence-corrected chi connectivity index (χ4v) is 4.39. The lowest BCUT2D eigenvalue weighted by Crippen LogP contribution is -2.67. The highest BCUT2D eigenvalue weighted by molar-refractivity contribution is 5.98. The van der Waals surface area contributed by atoms with Crippen molar-refractivity contribution >= 4 is 11.8 Å². The Morgan fingerprint density at radius 2 is 1.95 bits per heavy atom. The van der Waals surface area contributed by atoms with Crippen LogP contribution in [0.2, 0.25) is 0 Å². The fraction of sp³-hybridized carbons (Fsp3) is 0.875. The number of nitrogens with one attached hydrogen (secondary N) is 1. The van der Waals surface area contributed by atoms with Crippen molar-refractivity contribution in [3.05, 3.63) is 0 Å². The molecule has 0 aromatic rings. The number of hydrogen-bond acceptors (Lipinski definition) is 2. The maximum absolute atomic E-state index is 12.9. The molecule has 3 aliphatic rings. The van der Waals surface area contributed by atoms with E-state index in [2.05, 4.69) is 12.2 Å². The molecule has 3 rings (SSSR count). The first-order valence-corrected chi connectivity index (χ1v) is 8.27. The highest BCUT2D eigenvalue weighted by Gasteiger charge is 2.50. The molecule has 3 fully saturated rings. The Morgan fingerprint density at radius 3 is 2.65 bits per heavy atom. The zero-order valence-corrected chi connectivity index (χ0v) is 12.5. The zero-order chi connectivity index (χ0) is 14.2. The van der Waals surface area contributed by atoms with Crippen molar-refractivity contribution in [2.75, 3.05) is 6.54 Å². The molecule has 0 aromatic heterocycles. The molecular weight excluding hydrogens is 252 g/mol. The monoisotopic (exact) mass is 278 g/mol. The number of nitrogens with zero attached hydrogens (tertiary/aromatic N) is 1. The van der Waals surface area contributed by atoms with Gasteiger partial charge in [0, 0.05) is 6.04 Å². The van der Waals surface area contributed by atoms with E-state index in [0.717, 1.165) is 44.4 Å². The standard InChI is InChI=1S/C16H26N2O2/c1-2-12-6-5-7-13(10-12)18-11-14(19)17-16(15(18)20)8-3-4-9-16/h12-13H,2-11H2,1H3,(H,17,19). The Morgan fingerprint density at radius 1 is 1.20 bits per heavy atom. The van der Waals surface area contributed by atoms with Gasteiger partial charge in [0.05, 0.1) is 6.54 Å². The van der Waals surface area contributed by atoms with Crippen LogP contribution in [-0.4, -0.2) is 34.8 Å². The van der Waals surface area contributed by atoms with Crippen molar-refractivity contribution in [1.82, 2.24) is 10.2 Å². The highest BCUT2D eigenvalue weighted by Crippen LogP contribution is 2.37. The summed E-state index contributed by atoms with van der Waals surface area (Å²) in [6.45, 7) is 2.51. The highest BCUT2D eigenvalue weighted by atomic mass is 16.2. The lowest BCUT2D eigenvalue weighted by Gasteiger charge is -2.45. The van der Waals surface area contributed by atoms with Gasteiger partial charge in [0.2, 0.25) is 11.8 Å². The summed E-state index contributed by atoms with van der Waals surface area (Å²) >= 11 is 0. The molecule has 1 aliphatic heterocycles. The zero-order valence-electron chi connectivity index (χ0n) is 12.5. The lowest BCUT2D eigenvalue weighted by molar-refractivity contribution is -0.153. The van der Waals surface area contributed by atoms with Gasteiger partial charge in [0.15, 0.2) is 0 Å². The van der Waals surface area contributed by atoms with Crippen LogP contribution in [0.4, 0.5) is 0 Å². The fourth-order valence-electron chi connectivity index (χ4n) is 4.39. The third-order valence-corrected chi connectivity index (χ3v) is 5.59. The quantitative estimate of drug-likeness (QED) is 0.842. The average molecular weight is 278 g/mol. The molecule has 1 saturated heterocycles. The van der Waals surface area contributed by atoms with Crippen LogP contribution in [0.3, 0.4) is 0 Å². The summed E-state index contributed by atoms with van der Waals surface area (Å²) < 4.78 is 0. The van der Waals surface area contributed by atoms with Gasteiger partial charge < -0.3 is 10.2 Å². The van der Waals surface area contributed by atoms with Gasteiger partial charge in [-0.15, -0.1) is 0 Å². The van der Waals surface area contributed by atoms with E-state index in [-0.39, 0.29) is 18.4 Å². The first kappa shape index (κ1) is 13.9. The smallest absolute Gasteiger partial charge is 0.249 e. The van der Waals surface area contributed by atoms with Crippen molar-refractivity contribution in [2.24, 2.45) is 5.92 Å². The second kappa shape index (κ2) is 5.38. The summed E-state index contributed by atoms with van der Waals surface area (Å²) in [4.78, 5) is 26.9. The van der Waals surface area contributed by atoms with Crippen LogP contribution in [0.25, 0.3) is 0 Å². The summed E-state index contributed by atoms with van der Waals surface area (Å²) in [7, 11) is 0. The van der Waals surface area contributed by atoms with Gasteiger partial charge in [-0.05, 0) is 31.6 Å². The van der Waals surface area contributed by atoms with Crippen molar-refractivity contribution < 1.29 is 9.59 Å². The number of hydrogen-bond donors (Lipinski definition) is 1. The number of rotatable bonds is 2. The predicted molar refractivity (Wildman–Crippen MR) is 77.1 cm³/mol. The van der Waals surface area contributed by atoms with Gasteiger partial charge in [-0.2, -0.15) is 0 Å². The maximum atomic E-state index is 12.9. The van der Waals surface area contributed by atoms with Crippen molar-refractivity contribution in [3.8, 4) is 0 Å². The van der Waals surface area contributed by atoms with Crippen LogP contribution in [0.5, 0.6) is 0 Å². The molecule has 112 valence electrons. The summed E-state index contributed by atoms with van der Waals surface area (Å²) in [5, 5.41) is 3.01. The minimum Gasteiger partial charge on any atom is -0.340 e. The van der Waals surface area contributed by atoms with Gasteiger partial charge in [-0.3, -0.25) is 9.59 Å². The second-order valence-corrected chi connectivity index (χ2v) is 6.87. The van der Waals surface area contributed by atoms with Gasteiger partial charge >= 0.3 is 0 Å². The van der Waals surface area contributed by atoms with E-state index in [1.54, 1.807) is 0 Å². The van der Waals surface area contributed by atoms with E-state index in [1.165, 1.54) is 19.3 Å². The average Bonchev–Trinajstić information content (AvgIpc) is 2.92. The molecular formula is C16H26N2O2. The molecule has 2 atom stereocenters. The molecule has 4 heteroatoms. The van der Waals surface area contributed by atoms with Crippen LogP contribution in [0.1, 0.15) is 64.7 Å². The van der Waals surface area contributed by atoms with E-state index in [1.807, 2.05) is 4.90 Å². The summed E-state index contributed by atoms with van der Waals surface area (Å²) in [6.07, 6.45) is 9.61. The Kier molecular flexibility index (Phi) is 3.74. The molecule has 2 saturated carbocycles. The second-order valence-electron chi connectivity index (χ2n) is 6.87. The topological polar surface area (TPSA) is 49.4 Å². The summed E-state index contributed by atoms with van der Waals surface area (Å²) in [6, 6.07) is 0.296. The molecule has 0 bridgehead atoms. The SMILES string of the molecule is CCC1CCCC(N2CC(=O)NC3(CCCC3)C2=O)C1. The third kappa shape index (κ3) is 2.33. The minimum absolute atomic E-state index is 0.0464. The molecule has 0 radical (unpaired) electrons. The molecule has 4 nitrogen and oxygen atoms in total. The molecule has 0 aromatic carbocycles. The first-order chi connectivity index (χ1) is 9.64. The summed E-state index contributed by atoms with van der Waals surface area (Å²) in [5.74, 6) is 0.979. The van der Waals surface area contributed by atoms with Crippen molar-refractivity contribution in [1.29, 1.82) is 0 Å². The molecule has 2 aliphatic carbocycles. The molecule has 2 unspecified atom stereocenters. The van der Waals surface area contributed by atoms with Gasteiger partial charge in [0.1, 0.15) is 5.54 Å². The Bertz CT molecular complexity index is 401. The molecule has 1 N–H and O–H groups in total. The van der Waals surface area contributed by atoms with Gasteiger partial charge in [-0.25, -0.2) is 0 Å². The minimum atomic E-state index is -0.547. The van der Waals surface area contributed by atoms with Gasteiger partial charge in [-0.1, -0.05) is 39.0 Å². The van der Waals surface area contributed by atoms with Crippen LogP contribution in [0.15, 0.2) is 0 Å². The van der Waals surface area contributed by atoms with Gasteiger partial charge in [0.25, 0.3) is 0 Å². The third-order valence-electron chi connectivity index (χ3n) is 5.59. The predicted octanol–water partition coefficient (Wildman–Crippen LogP) is 2.23. The van der Waals surface area contributed by atoms with Crippen molar-refractivity contribution in [2.45, 2.75) is 76.3 Å². The molecule has 2 amide bonds. The van der Waals surface area contributed by atoms with Crippen LogP contribution in [-0.2, 0) is 9.59 Å². The van der Waals surface area contributed by atoms with Crippen molar-refractivity contribution in [3.63, 3.8) is 0 Å². The van der Waals surface area contributed by atoms with Crippen LogP contribution >= 0.6 is 0 Å². The van der Waals surface area contributed by atoms with E-state index in [0.29, 0.717) is 6.04 Å². The molecule has 1 spiro atoms. The Balaban J connectivity index is 1.77. The molecule has 20 heavy (non-hydrogen) atoms. The Labute approximate surface area is 121 Å². The van der Waals surface area contributed by atoms with E-state index in [4.69, 9.17) is 0 Å². The number of amides is 2. The normalized spacial score (nSPS) is 33.5. The summed E-state index contributed by atoms with van der Waals surface area (Å²) in [5.41, 5.74) is -0.547. The maximum Gasteiger partial charge on any atom is 0.249 e. The first-order valence-electron chi connectivity index (χ1n) is 8.27. The number of carbonyl (C=O) groups excluding carboxylic acids is 2. The van der Waals surface area contributed by atoms with E-state index >= 15 is 0 Å². The van der Waals surface area contributed by atoms with E-state index < -0.39 is 5.54 Å².